The zero-order valence-electron chi connectivity index (χ0n) is 14.5. The van der Waals surface area contributed by atoms with Gasteiger partial charge in [-0.25, -0.2) is 4.79 Å². The number of amides is 2. The van der Waals surface area contributed by atoms with Gasteiger partial charge in [-0.3, -0.25) is 9.69 Å². The van der Waals surface area contributed by atoms with E-state index in [4.69, 9.17) is 0 Å². The summed E-state index contributed by atoms with van der Waals surface area (Å²) in [6, 6.07) is 8.06. The van der Waals surface area contributed by atoms with E-state index in [1.807, 2.05) is 36.1 Å². The molecule has 1 aliphatic heterocycles. The van der Waals surface area contributed by atoms with Gasteiger partial charge in [0.25, 0.3) is 5.56 Å². The van der Waals surface area contributed by atoms with E-state index in [9.17, 15) is 9.59 Å². The van der Waals surface area contributed by atoms with Gasteiger partial charge in [-0.1, -0.05) is 18.2 Å². The summed E-state index contributed by atoms with van der Waals surface area (Å²) in [4.78, 5) is 33.0. The first kappa shape index (κ1) is 16.5. The topological polar surface area (TPSA) is 59.6 Å². The number of piperazine rings is 1. The molecule has 2 heterocycles. The number of hydrogen-bond acceptors (Lipinski definition) is 3. The maximum atomic E-state index is 12.4. The molecular formula is C18H24N4O2. The number of benzene rings is 1. The minimum absolute atomic E-state index is 0.0244. The molecule has 1 aliphatic rings. The van der Waals surface area contributed by atoms with Gasteiger partial charge in [-0.2, -0.15) is 0 Å². The third-order valence-electron chi connectivity index (χ3n) is 4.58. The van der Waals surface area contributed by atoms with Gasteiger partial charge in [-0.15, -0.1) is 0 Å². The number of fused-ring (bicyclic) bond motifs is 1. The number of nitrogens with one attached hydrogen (secondary N) is 1. The molecular weight excluding hydrogens is 304 g/mol. The smallest absolute Gasteiger partial charge is 0.319 e. The van der Waals surface area contributed by atoms with Crippen molar-refractivity contribution < 1.29 is 4.79 Å². The summed E-state index contributed by atoms with van der Waals surface area (Å²) in [5, 5.41) is 1.06. The summed E-state index contributed by atoms with van der Waals surface area (Å²) >= 11 is 0. The molecule has 0 radical (unpaired) electrons. The number of urea groups is 1. The molecule has 1 aromatic carbocycles. The van der Waals surface area contributed by atoms with Crippen LogP contribution in [-0.4, -0.2) is 66.0 Å². The lowest BCUT2D eigenvalue weighted by Gasteiger charge is -2.35. The highest BCUT2D eigenvalue weighted by Crippen LogP contribution is 2.16. The van der Waals surface area contributed by atoms with Gasteiger partial charge in [0.15, 0.2) is 0 Å². The summed E-state index contributed by atoms with van der Waals surface area (Å²) in [5.41, 5.74) is 2.74. The number of carbonyl (C=O) groups excluding carboxylic acids is 1. The van der Waals surface area contributed by atoms with Crippen molar-refractivity contribution in [1.29, 1.82) is 0 Å². The second-order valence-corrected chi connectivity index (χ2v) is 6.60. The minimum atomic E-state index is -0.0244. The number of para-hydroxylation sites is 1. The van der Waals surface area contributed by atoms with Crippen LogP contribution in [0.1, 0.15) is 11.1 Å². The van der Waals surface area contributed by atoms with Crippen molar-refractivity contribution in [3.05, 3.63) is 45.7 Å². The molecule has 24 heavy (non-hydrogen) atoms. The number of rotatable bonds is 2. The van der Waals surface area contributed by atoms with Gasteiger partial charge in [0.1, 0.15) is 0 Å². The molecule has 128 valence electrons. The van der Waals surface area contributed by atoms with E-state index >= 15 is 0 Å². The van der Waals surface area contributed by atoms with Crippen LogP contribution in [0.3, 0.4) is 0 Å². The predicted octanol–water partition coefficient (Wildman–Crippen LogP) is 1.64. The van der Waals surface area contributed by atoms with E-state index in [2.05, 4.69) is 9.88 Å². The third-order valence-corrected chi connectivity index (χ3v) is 4.58. The second kappa shape index (κ2) is 6.65. The summed E-state index contributed by atoms with van der Waals surface area (Å²) in [5.74, 6) is 0. The Labute approximate surface area is 141 Å². The van der Waals surface area contributed by atoms with Gasteiger partial charge in [0, 0.05) is 52.4 Å². The normalized spacial score (nSPS) is 15.7. The van der Waals surface area contributed by atoms with Crippen molar-refractivity contribution in [3.63, 3.8) is 0 Å². The average molecular weight is 328 g/mol. The lowest BCUT2D eigenvalue weighted by Crippen LogP contribution is -2.51. The number of hydrogen-bond donors (Lipinski definition) is 1. The summed E-state index contributed by atoms with van der Waals surface area (Å²) < 4.78 is 0. The SMILES string of the molecule is Cc1cccc2cc(CN3CCN(C(=O)N(C)C)CC3)c(=O)[nH]c12. The fourth-order valence-corrected chi connectivity index (χ4v) is 3.17. The first-order valence-corrected chi connectivity index (χ1v) is 8.26. The van der Waals surface area contributed by atoms with Crippen LogP contribution >= 0.6 is 0 Å². The number of aromatic amines is 1. The number of nitrogens with zero attached hydrogens (tertiary/aromatic N) is 3. The van der Waals surface area contributed by atoms with Crippen LogP contribution in [0.2, 0.25) is 0 Å². The summed E-state index contributed by atoms with van der Waals surface area (Å²) in [6.07, 6.45) is 0. The van der Waals surface area contributed by atoms with Gasteiger partial charge in [0.05, 0.1) is 5.52 Å². The Bertz CT molecular complexity index is 804. The van der Waals surface area contributed by atoms with Crippen LogP contribution in [0.25, 0.3) is 10.9 Å². The maximum absolute atomic E-state index is 12.4. The Balaban J connectivity index is 1.71. The summed E-state index contributed by atoms with van der Waals surface area (Å²) in [6.45, 7) is 5.57. The fourth-order valence-electron chi connectivity index (χ4n) is 3.17. The lowest BCUT2D eigenvalue weighted by molar-refractivity contribution is 0.120. The Kier molecular flexibility index (Phi) is 4.57. The number of pyridine rings is 1. The largest absolute Gasteiger partial charge is 0.331 e. The van der Waals surface area contributed by atoms with Gasteiger partial charge < -0.3 is 14.8 Å². The second-order valence-electron chi connectivity index (χ2n) is 6.60. The Morgan fingerprint density at radius 2 is 1.92 bits per heavy atom. The zero-order valence-corrected chi connectivity index (χ0v) is 14.5. The highest BCUT2D eigenvalue weighted by molar-refractivity contribution is 5.81. The number of carbonyl (C=O) groups is 1. The van der Waals surface area contributed by atoms with E-state index in [0.29, 0.717) is 19.6 Å². The molecule has 1 saturated heterocycles. The van der Waals surface area contributed by atoms with Crippen molar-refractivity contribution >= 4 is 16.9 Å². The van der Waals surface area contributed by atoms with Crippen molar-refractivity contribution in [2.45, 2.75) is 13.5 Å². The minimum Gasteiger partial charge on any atom is -0.331 e. The molecule has 0 unspecified atom stereocenters. The summed E-state index contributed by atoms with van der Waals surface area (Å²) in [7, 11) is 3.54. The highest BCUT2D eigenvalue weighted by Gasteiger charge is 2.22. The Hall–Kier alpha value is -2.34. The molecule has 0 bridgehead atoms. The molecule has 0 atom stereocenters. The fraction of sp³-hybridized carbons (Fsp3) is 0.444. The van der Waals surface area contributed by atoms with E-state index in [0.717, 1.165) is 35.1 Å². The molecule has 2 amide bonds. The standard InChI is InChI=1S/C18H24N4O2/c1-13-5-4-6-14-11-15(17(23)19-16(13)14)12-21-7-9-22(10-8-21)18(24)20(2)3/h4-6,11H,7-10,12H2,1-3H3,(H,19,23). The number of aromatic nitrogens is 1. The van der Waals surface area contributed by atoms with Crippen molar-refractivity contribution in [1.82, 2.24) is 19.7 Å². The van der Waals surface area contributed by atoms with Crippen LogP contribution in [-0.2, 0) is 6.54 Å². The molecule has 1 aromatic heterocycles. The number of aryl methyl sites for hydroxylation is 1. The van der Waals surface area contributed by atoms with Crippen LogP contribution in [0.15, 0.2) is 29.1 Å². The maximum Gasteiger partial charge on any atom is 0.319 e. The molecule has 1 N–H and O–H groups in total. The van der Waals surface area contributed by atoms with E-state index < -0.39 is 0 Å². The van der Waals surface area contributed by atoms with Crippen LogP contribution in [0.4, 0.5) is 4.79 Å². The Morgan fingerprint density at radius 1 is 1.21 bits per heavy atom. The van der Waals surface area contributed by atoms with E-state index in [1.54, 1.807) is 19.0 Å². The highest BCUT2D eigenvalue weighted by atomic mass is 16.2. The molecule has 2 aromatic rings. The lowest BCUT2D eigenvalue weighted by atomic mass is 10.1. The number of H-pyrrole nitrogens is 1. The van der Waals surface area contributed by atoms with Gasteiger partial charge >= 0.3 is 6.03 Å². The van der Waals surface area contributed by atoms with Crippen LogP contribution in [0.5, 0.6) is 0 Å². The first-order valence-electron chi connectivity index (χ1n) is 8.26. The van der Waals surface area contributed by atoms with Crippen molar-refractivity contribution in [3.8, 4) is 0 Å². The van der Waals surface area contributed by atoms with E-state index in [1.165, 1.54) is 0 Å². The van der Waals surface area contributed by atoms with Crippen molar-refractivity contribution in [2.24, 2.45) is 0 Å². The predicted molar refractivity (Wildman–Crippen MR) is 95.2 cm³/mol. The quantitative estimate of drug-likeness (QED) is 0.912. The molecule has 1 fully saturated rings. The molecule has 0 spiro atoms. The van der Waals surface area contributed by atoms with Crippen LogP contribution in [0, 0.1) is 6.92 Å². The monoisotopic (exact) mass is 328 g/mol. The van der Waals surface area contributed by atoms with Gasteiger partial charge in [-0.05, 0) is 23.9 Å². The molecule has 3 rings (SSSR count). The zero-order chi connectivity index (χ0) is 17.3. The third kappa shape index (κ3) is 3.28. The van der Waals surface area contributed by atoms with Gasteiger partial charge in [0.2, 0.25) is 0 Å². The molecule has 0 saturated carbocycles. The Morgan fingerprint density at radius 3 is 2.58 bits per heavy atom. The average Bonchev–Trinajstić information content (AvgIpc) is 2.56. The first-order chi connectivity index (χ1) is 11.5. The molecule has 6 heteroatoms. The van der Waals surface area contributed by atoms with E-state index in [-0.39, 0.29) is 11.6 Å². The van der Waals surface area contributed by atoms with Crippen molar-refractivity contribution in [2.75, 3.05) is 40.3 Å². The molecule has 0 aliphatic carbocycles. The molecule has 6 nitrogen and oxygen atoms in total. The van der Waals surface area contributed by atoms with Crippen LogP contribution < -0.4 is 5.56 Å².